The maximum Gasteiger partial charge on any atom is 0.271 e. The Hall–Kier alpha value is -1.82. The van der Waals surface area contributed by atoms with Crippen molar-refractivity contribution in [3.05, 3.63) is 28.3 Å². The standard InChI is InChI=1S/C12H18N2O4/c1-8(12(2,3)15)13-10-7-9(14(16)17)5-6-11(10)18-4/h5-8,13,15H,1-4H3. The quantitative estimate of drug-likeness (QED) is 0.621. The van der Waals surface area contributed by atoms with Crippen molar-refractivity contribution in [3.63, 3.8) is 0 Å². The SMILES string of the molecule is COc1ccc([N+](=O)[O-])cc1NC(C)C(C)(C)O. The molecule has 1 atom stereocenters. The Balaban J connectivity index is 3.05. The van der Waals surface area contributed by atoms with E-state index < -0.39 is 10.5 Å². The van der Waals surface area contributed by atoms with Crippen LogP contribution in [0, 0.1) is 10.1 Å². The van der Waals surface area contributed by atoms with Gasteiger partial charge in [0, 0.05) is 12.1 Å². The summed E-state index contributed by atoms with van der Waals surface area (Å²) < 4.78 is 5.13. The third-order valence-corrected chi connectivity index (χ3v) is 2.83. The lowest BCUT2D eigenvalue weighted by Crippen LogP contribution is -2.39. The molecular weight excluding hydrogens is 236 g/mol. The molecule has 0 amide bonds. The fourth-order valence-corrected chi connectivity index (χ4v) is 1.33. The first kappa shape index (κ1) is 14.2. The molecule has 2 N–H and O–H groups in total. The van der Waals surface area contributed by atoms with Crippen LogP contribution in [0.3, 0.4) is 0 Å². The molecule has 0 radical (unpaired) electrons. The molecule has 0 aliphatic heterocycles. The van der Waals surface area contributed by atoms with E-state index in [1.807, 2.05) is 0 Å². The maximum atomic E-state index is 10.7. The smallest absolute Gasteiger partial charge is 0.271 e. The van der Waals surface area contributed by atoms with Crippen LogP contribution in [-0.2, 0) is 0 Å². The van der Waals surface area contributed by atoms with Gasteiger partial charge in [0.05, 0.1) is 29.4 Å². The van der Waals surface area contributed by atoms with Gasteiger partial charge >= 0.3 is 0 Å². The molecule has 6 nitrogen and oxygen atoms in total. The van der Waals surface area contributed by atoms with Crippen LogP contribution in [0.1, 0.15) is 20.8 Å². The number of anilines is 1. The lowest BCUT2D eigenvalue weighted by atomic mass is 10.0. The highest BCUT2D eigenvalue weighted by molar-refractivity contribution is 5.62. The van der Waals surface area contributed by atoms with E-state index in [1.165, 1.54) is 25.3 Å². The third kappa shape index (κ3) is 3.33. The summed E-state index contributed by atoms with van der Waals surface area (Å²) >= 11 is 0. The summed E-state index contributed by atoms with van der Waals surface area (Å²) in [6.45, 7) is 5.11. The van der Waals surface area contributed by atoms with E-state index in [1.54, 1.807) is 20.8 Å². The minimum Gasteiger partial charge on any atom is -0.495 e. The number of nitrogens with one attached hydrogen (secondary N) is 1. The van der Waals surface area contributed by atoms with Crippen LogP contribution in [0.5, 0.6) is 5.75 Å². The average molecular weight is 254 g/mol. The molecule has 1 unspecified atom stereocenters. The molecule has 1 aromatic carbocycles. The van der Waals surface area contributed by atoms with Gasteiger partial charge in [-0.3, -0.25) is 10.1 Å². The van der Waals surface area contributed by atoms with E-state index in [2.05, 4.69) is 5.32 Å². The second kappa shape index (κ2) is 5.22. The molecule has 6 heteroatoms. The predicted molar refractivity (Wildman–Crippen MR) is 69.0 cm³/mol. The Bertz CT molecular complexity index is 440. The number of nitro groups is 1. The van der Waals surface area contributed by atoms with Gasteiger partial charge in [-0.25, -0.2) is 0 Å². The van der Waals surface area contributed by atoms with Gasteiger partial charge in [0.1, 0.15) is 5.75 Å². The zero-order valence-electron chi connectivity index (χ0n) is 10.9. The number of methoxy groups -OCH3 is 1. The Morgan fingerprint density at radius 1 is 1.50 bits per heavy atom. The average Bonchev–Trinajstić information content (AvgIpc) is 2.27. The number of ether oxygens (including phenoxy) is 1. The Morgan fingerprint density at radius 2 is 2.11 bits per heavy atom. The van der Waals surface area contributed by atoms with Crippen molar-refractivity contribution in [1.29, 1.82) is 0 Å². The van der Waals surface area contributed by atoms with E-state index in [9.17, 15) is 15.2 Å². The molecule has 0 spiro atoms. The van der Waals surface area contributed by atoms with Gasteiger partial charge in [-0.05, 0) is 26.8 Å². The molecule has 0 saturated heterocycles. The molecule has 100 valence electrons. The van der Waals surface area contributed by atoms with Crippen LogP contribution >= 0.6 is 0 Å². The summed E-state index contributed by atoms with van der Waals surface area (Å²) in [4.78, 5) is 10.3. The molecule has 0 bridgehead atoms. The lowest BCUT2D eigenvalue weighted by Gasteiger charge is -2.28. The molecule has 0 aliphatic rings. The fourth-order valence-electron chi connectivity index (χ4n) is 1.33. The number of hydrogen-bond acceptors (Lipinski definition) is 5. The van der Waals surface area contributed by atoms with Crippen LogP contribution in [0.25, 0.3) is 0 Å². The summed E-state index contributed by atoms with van der Waals surface area (Å²) in [7, 11) is 1.49. The summed E-state index contributed by atoms with van der Waals surface area (Å²) in [5, 5.41) is 23.6. The number of nitrogens with zero attached hydrogens (tertiary/aromatic N) is 1. The van der Waals surface area contributed by atoms with Crippen molar-refractivity contribution < 1.29 is 14.8 Å². The zero-order chi connectivity index (χ0) is 13.9. The van der Waals surface area contributed by atoms with E-state index in [-0.39, 0.29) is 11.7 Å². The zero-order valence-corrected chi connectivity index (χ0v) is 10.9. The van der Waals surface area contributed by atoms with E-state index in [4.69, 9.17) is 4.74 Å². The van der Waals surface area contributed by atoms with Crippen LogP contribution in [-0.4, -0.2) is 28.8 Å². The van der Waals surface area contributed by atoms with Crippen molar-refractivity contribution in [1.82, 2.24) is 0 Å². The van der Waals surface area contributed by atoms with E-state index in [0.717, 1.165) is 0 Å². The lowest BCUT2D eigenvalue weighted by molar-refractivity contribution is -0.384. The Morgan fingerprint density at radius 3 is 2.56 bits per heavy atom. The minimum absolute atomic E-state index is 0.0266. The van der Waals surface area contributed by atoms with E-state index in [0.29, 0.717) is 11.4 Å². The van der Waals surface area contributed by atoms with Gasteiger partial charge in [0.15, 0.2) is 0 Å². The van der Waals surface area contributed by atoms with Gasteiger partial charge in [-0.15, -0.1) is 0 Å². The second-order valence-electron chi connectivity index (χ2n) is 4.66. The molecule has 1 aromatic rings. The molecule has 0 saturated carbocycles. The Labute approximate surface area is 106 Å². The molecule has 0 fully saturated rings. The first-order valence-electron chi connectivity index (χ1n) is 5.57. The van der Waals surface area contributed by atoms with Crippen molar-refractivity contribution in [3.8, 4) is 5.75 Å². The summed E-state index contributed by atoms with van der Waals surface area (Å²) in [6.07, 6.45) is 0. The summed E-state index contributed by atoms with van der Waals surface area (Å²) in [5.74, 6) is 0.497. The number of aliphatic hydroxyl groups is 1. The van der Waals surface area contributed by atoms with Crippen molar-refractivity contribution >= 4 is 11.4 Å². The monoisotopic (exact) mass is 254 g/mol. The summed E-state index contributed by atoms with van der Waals surface area (Å²) in [5.41, 5.74) is -0.488. The predicted octanol–water partition coefficient (Wildman–Crippen LogP) is 2.17. The number of benzene rings is 1. The fraction of sp³-hybridized carbons (Fsp3) is 0.500. The molecule has 1 rings (SSSR count). The van der Waals surface area contributed by atoms with E-state index >= 15 is 0 Å². The van der Waals surface area contributed by atoms with Crippen LogP contribution in [0.2, 0.25) is 0 Å². The highest BCUT2D eigenvalue weighted by Crippen LogP contribution is 2.30. The first-order valence-corrected chi connectivity index (χ1v) is 5.57. The Kier molecular flexibility index (Phi) is 4.13. The molecule has 0 aliphatic carbocycles. The molecule has 0 aromatic heterocycles. The van der Waals surface area contributed by atoms with Crippen LogP contribution in [0.4, 0.5) is 11.4 Å². The second-order valence-corrected chi connectivity index (χ2v) is 4.66. The number of hydrogen-bond donors (Lipinski definition) is 2. The van der Waals surface area contributed by atoms with Crippen LogP contribution < -0.4 is 10.1 Å². The topological polar surface area (TPSA) is 84.6 Å². The van der Waals surface area contributed by atoms with Gasteiger partial charge in [0.25, 0.3) is 5.69 Å². The van der Waals surface area contributed by atoms with Crippen molar-refractivity contribution in [2.45, 2.75) is 32.4 Å². The number of non-ortho nitro benzene ring substituents is 1. The van der Waals surface area contributed by atoms with Crippen molar-refractivity contribution in [2.24, 2.45) is 0 Å². The molecule has 18 heavy (non-hydrogen) atoms. The minimum atomic E-state index is -0.949. The highest BCUT2D eigenvalue weighted by atomic mass is 16.6. The van der Waals surface area contributed by atoms with Gasteiger partial charge in [-0.1, -0.05) is 0 Å². The molecular formula is C12H18N2O4. The molecule has 0 heterocycles. The van der Waals surface area contributed by atoms with Gasteiger partial charge in [-0.2, -0.15) is 0 Å². The third-order valence-electron chi connectivity index (χ3n) is 2.83. The van der Waals surface area contributed by atoms with Gasteiger partial charge < -0.3 is 15.2 Å². The number of rotatable bonds is 5. The van der Waals surface area contributed by atoms with Crippen molar-refractivity contribution in [2.75, 3.05) is 12.4 Å². The largest absolute Gasteiger partial charge is 0.495 e. The number of nitro benzene ring substituents is 1. The van der Waals surface area contributed by atoms with Gasteiger partial charge in [0.2, 0.25) is 0 Å². The maximum absolute atomic E-state index is 10.7. The van der Waals surface area contributed by atoms with Crippen LogP contribution in [0.15, 0.2) is 18.2 Å². The normalized spacial score (nSPS) is 12.9. The first-order chi connectivity index (χ1) is 8.25. The summed E-state index contributed by atoms with van der Waals surface area (Å²) in [6, 6.07) is 4.01. The highest BCUT2D eigenvalue weighted by Gasteiger charge is 2.23.